The Hall–Kier alpha value is -0.530. The number of hydrogen-bond acceptors (Lipinski definition) is 1. The predicted molar refractivity (Wildman–Crippen MR) is 58.8 cm³/mol. The van der Waals surface area contributed by atoms with Crippen molar-refractivity contribution in [2.24, 2.45) is 0 Å². The van der Waals surface area contributed by atoms with Crippen molar-refractivity contribution < 1.29 is 0 Å². The van der Waals surface area contributed by atoms with Crippen molar-refractivity contribution in [2.45, 2.75) is 30.7 Å². The molecule has 1 aromatic carbocycles. The highest BCUT2D eigenvalue weighted by Gasteiger charge is 2.46. The Bertz CT molecular complexity index is 353. The van der Waals surface area contributed by atoms with Crippen LogP contribution in [0.25, 0.3) is 0 Å². The van der Waals surface area contributed by atoms with Crippen LogP contribution in [-0.2, 0) is 5.41 Å². The second kappa shape index (κ2) is 2.98. The van der Waals surface area contributed by atoms with Crippen LogP contribution in [0.3, 0.4) is 0 Å². The highest BCUT2D eigenvalue weighted by Crippen LogP contribution is 2.47. The summed E-state index contributed by atoms with van der Waals surface area (Å²) in [5, 5.41) is 4.51. The van der Waals surface area contributed by atoms with Crippen LogP contribution in [0.15, 0.2) is 24.3 Å². The molecule has 2 atom stereocenters. The molecule has 2 bridgehead atoms. The molecule has 1 aliphatic heterocycles. The van der Waals surface area contributed by atoms with Gasteiger partial charge < -0.3 is 5.32 Å². The first-order valence-electron chi connectivity index (χ1n) is 5.29. The molecule has 1 saturated heterocycles. The molecule has 2 aliphatic rings. The Morgan fingerprint density at radius 3 is 2.79 bits per heavy atom. The normalized spacial score (nSPS) is 35.1. The SMILES string of the molecule is Clc1ccccc1C12CCC(C1)NC2. The summed E-state index contributed by atoms with van der Waals surface area (Å²) in [6, 6.07) is 9.06. The van der Waals surface area contributed by atoms with Crippen LogP contribution in [0, 0.1) is 0 Å². The molecule has 1 heterocycles. The maximum absolute atomic E-state index is 6.26. The van der Waals surface area contributed by atoms with Gasteiger partial charge in [-0.05, 0) is 30.9 Å². The van der Waals surface area contributed by atoms with Crippen LogP contribution in [0.4, 0.5) is 0 Å². The van der Waals surface area contributed by atoms with E-state index in [-0.39, 0.29) is 0 Å². The van der Waals surface area contributed by atoms with Gasteiger partial charge in [0.05, 0.1) is 0 Å². The molecule has 0 amide bonds. The van der Waals surface area contributed by atoms with Crippen molar-refractivity contribution >= 4 is 11.6 Å². The molecule has 2 heteroatoms. The molecule has 2 unspecified atom stereocenters. The van der Waals surface area contributed by atoms with Crippen molar-refractivity contribution in [3.8, 4) is 0 Å². The van der Waals surface area contributed by atoms with E-state index in [9.17, 15) is 0 Å². The van der Waals surface area contributed by atoms with Crippen LogP contribution in [0.5, 0.6) is 0 Å². The smallest absolute Gasteiger partial charge is 0.0444 e. The lowest BCUT2D eigenvalue weighted by Crippen LogP contribution is -2.32. The number of halogens is 1. The minimum absolute atomic E-state index is 0.350. The maximum Gasteiger partial charge on any atom is 0.0444 e. The summed E-state index contributed by atoms with van der Waals surface area (Å²) in [5.74, 6) is 0. The second-order valence-corrected chi connectivity index (χ2v) is 4.99. The van der Waals surface area contributed by atoms with Gasteiger partial charge in [0.25, 0.3) is 0 Å². The van der Waals surface area contributed by atoms with E-state index in [1.54, 1.807) is 0 Å². The third-order valence-corrected chi connectivity index (χ3v) is 4.11. The van der Waals surface area contributed by atoms with Gasteiger partial charge in [0.15, 0.2) is 0 Å². The average Bonchev–Trinajstić information content (AvgIpc) is 2.79. The molecule has 0 aromatic heterocycles. The van der Waals surface area contributed by atoms with E-state index in [0.717, 1.165) is 17.6 Å². The van der Waals surface area contributed by atoms with Gasteiger partial charge in [-0.3, -0.25) is 0 Å². The largest absolute Gasteiger partial charge is 0.313 e. The van der Waals surface area contributed by atoms with Crippen LogP contribution >= 0.6 is 11.6 Å². The van der Waals surface area contributed by atoms with Crippen molar-refractivity contribution in [1.82, 2.24) is 5.32 Å². The zero-order valence-electron chi connectivity index (χ0n) is 8.09. The van der Waals surface area contributed by atoms with Crippen molar-refractivity contribution in [3.05, 3.63) is 34.9 Å². The fourth-order valence-electron chi connectivity index (χ4n) is 3.03. The summed E-state index contributed by atoms with van der Waals surface area (Å²) >= 11 is 6.26. The molecule has 0 radical (unpaired) electrons. The molecule has 1 nitrogen and oxygen atoms in total. The highest BCUT2D eigenvalue weighted by atomic mass is 35.5. The van der Waals surface area contributed by atoms with Gasteiger partial charge in [-0.2, -0.15) is 0 Å². The molecule has 1 saturated carbocycles. The first kappa shape index (κ1) is 8.75. The third kappa shape index (κ3) is 1.12. The van der Waals surface area contributed by atoms with Gasteiger partial charge in [0.2, 0.25) is 0 Å². The Morgan fingerprint density at radius 2 is 2.21 bits per heavy atom. The van der Waals surface area contributed by atoms with Gasteiger partial charge in [-0.15, -0.1) is 0 Å². The van der Waals surface area contributed by atoms with Gasteiger partial charge in [0.1, 0.15) is 0 Å². The average molecular weight is 208 g/mol. The summed E-state index contributed by atoms with van der Waals surface area (Å²) in [5.41, 5.74) is 1.71. The molecule has 0 spiro atoms. The summed E-state index contributed by atoms with van der Waals surface area (Å²) in [6.45, 7) is 1.11. The summed E-state index contributed by atoms with van der Waals surface area (Å²) in [7, 11) is 0. The molecule has 1 N–H and O–H groups in total. The third-order valence-electron chi connectivity index (χ3n) is 3.78. The van der Waals surface area contributed by atoms with E-state index in [1.807, 2.05) is 12.1 Å². The lowest BCUT2D eigenvalue weighted by Gasteiger charge is -2.27. The lowest BCUT2D eigenvalue weighted by atomic mass is 9.80. The van der Waals surface area contributed by atoms with Gasteiger partial charge in [-0.25, -0.2) is 0 Å². The quantitative estimate of drug-likeness (QED) is 0.747. The Kier molecular flexibility index (Phi) is 1.86. The molecular formula is C12H14ClN. The summed E-state index contributed by atoms with van der Waals surface area (Å²) in [4.78, 5) is 0. The number of fused-ring (bicyclic) bond motifs is 2. The van der Waals surface area contributed by atoms with E-state index in [1.165, 1.54) is 24.8 Å². The van der Waals surface area contributed by atoms with Crippen LogP contribution < -0.4 is 5.32 Å². The number of rotatable bonds is 1. The fraction of sp³-hybridized carbons (Fsp3) is 0.500. The first-order chi connectivity index (χ1) is 6.80. The Morgan fingerprint density at radius 1 is 1.36 bits per heavy atom. The van der Waals surface area contributed by atoms with Crippen molar-refractivity contribution in [2.75, 3.05) is 6.54 Å². The van der Waals surface area contributed by atoms with Crippen LogP contribution in [0.2, 0.25) is 5.02 Å². The Labute approximate surface area is 89.5 Å². The molecule has 1 aliphatic carbocycles. The van der Waals surface area contributed by atoms with Crippen LogP contribution in [-0.4, -0.2) is 12.6 Å². The van der Waals surface area contributed by atoms with Crippen molar-refractivity contribution in [3.63, 3.8) is 0 Å². The molecular weight excluding hydrogens is 194 g/mol. The zero-order valence-corrected chi connectivity index (χ0v) is 8.85. The minimum Gasteiger partial charge on any atom is -0.313 e. The van der Waals surface area contributed by atoms with E-state index < -0.39 is 0 Å². The van der Waals surface area contributed by atoms with Crippen LogP contribution in [0.1, 0.15) is 24.8 Å². The van der Waals surface area contributed by atoms with E-state index in [0.29, 0.717) is 5.41 Å². The number of hydrogen-bond donors (Lipinski definition) is 1. The number of benzene rings is 1. The zero-order chi connectivity index (χ0) is 9.60. The standard InChI is InChI=1S/C12H14ClN/c13-11-4-2-1-3-10(11)12-6-5-9(7-12)14-8-12/h1-4,9,14H,5-8H2. The molecule has 74 valence electrons. The predicted octanol–water partition coefficient (Wildman–Crippen LogP) is 2.73. The fourth-order valence-corrected chi connectivity index (χ4v) is 3.37. The molecule has 14 heavy (non-hydrogen) atoms. The van der Waals surface area contributed by atoms with Crippen molar-refractivity contribution in [1.29, 1.82) is 0 Å². The van der Waals surface area contributed by atoms with Gasteiger partial charge in [-0.1, -0.05) is 29.8 Å². The first-order valence-corrected chi connectivity index (χ1v) is 5.66. The van der Waals surface area contributed by atoms with Gasteiger partial charge in [0, 0.05) is 23.0 Å². The molecule has 2 fully saturated rings. The lowest BCUT2D eigenvalue weighted by molar-refractivity contribution is 0.439. The molecule has 3 rings (SSSR count). The van der Waals surface area contributed by atoms with Gasteiger partial charge >= 0.3 is 0 Å². The molecule has 1 aromatic rings. The monoisotopic (exact) mass is 207 g/mol. The topological polar surface area (TPSA) is 12.0 Å². The summed E-state index contributed by atoms with van der Waals surface area (Å²) in [6.07, 6.45) is 3.89. The van der Waals surface area contributed by atoms with E-state index in [4.69, 9.17) is 11.6 Å². The Balaban J connectivity index is 2.06. The minimum atomic E-state index is 0.350. The second-order valence-electron chi connectivity index (χ2n) is 4.58. The van der Waals surface area contributed by atoms with E-state index in [2.05, 4.69) is 17.4 Å². The summed E-state index contributed by atoms with van der Waals surface area (Å²) < 4.78 is 0. The maximum atomic E-state index is 6.26. The van der Waals surface area contributed by atoms with E-state index >= 15 is 0 Å². The highest BCUT2D eigenvalue weighted by molar-refractivity contribution is 6.31. The number of nitrogens with one attached hydrogen (secondary N) is 1. The number of piperidine rings is 1.